The normalized spacial score (nSPS) is 25.5. The molecule has 0 aromatic carbocycles. The lowest BCUT2D eigenvalue weighted by Gasteiger charge is -2.19. The van der Waals surface area contributed by atoms with E-state index in [0.717, 1.165) is 23.1 Å². The van der Waals surface area contributed by atoms with Crippen molar-refractivity contribution < 1.29 is 5.11 Å². The van der Waals surface area contributed by atoms with Crippen molar-refractivity contribution in [1.82, 2.24) is 4.98 Å². The highest BCUT2D eigenvalue weighted by molar-refractivity contribution is 9.10. The Morgan fingerprint density at radius 1 is 1.47 bits per heavy atom. The van der Waals surface area contributed by atoms with E-state index in [-0.39, 0.29) is 6.61 Å². The summed E-state index contributed by atoms with van der Waals surface area (Å²) < 4.78 is 0.984. The van der Waals surface area contributed by atoms with Gasteiger partial charge in [0, 0.05) is 29.2 Å². The van der Waals surface area contributed by atoms with Gasteiger partial charge in [0.2, 0.25) is 0 Å². The van der Waals surface area contributed by atoms with Crippen LogP contribution in [0, 0.1) is 5.92 Å². The molecule has 0 spiro atoms. The summed E-state index contributed by atoms with van der Waals surface area (Å²) in [5.41, 5.74) is 0. The second kappa shape index (κ2) is 4.94. The first-order valence-electron chi connectivity index (χ1n) is 5.28. The Morgan fingerprint density at radius 3 is 3.00 bits per heavy atom. The maximum atomic E-state index is 9.19. The average Bonchev–Trinajstić information content (AvgIpc) is 2.69. The summed E-state index contributed by atoms with van der Waals surface area (Å²) in [6.07, 6.45) is 5.22. The summed E-state index contributed by atoms with van der Waals surface area (Å²) in [6, 6.07) is 4.30. The van der Waals surface area contributed by atoms with Gasteiger partial charge in [-0.05, 0) is 40.9 Å². The van der Waals surface area contributed by atoms with E-state index in [1.807, 2.05) is 12.1 Å². The molecule has 0 unspecified atom stereocenters. The largest absolute Gasteiger partial charge is 0.396 e. The SMILES string of the molecule is OC[C@@H]1CCC[C@@H]1Nc1ccc(Br)cn1. The van der Waals surface area contributed by atoms with Crippen LogP contribution in [-0.4, -0.2) is 22.7 Å². The number of nitrogens with zero attached hydrogens (tertiary/aromatic N) is 1. The molecule has 1 aliphatic carbocycles. The Balaban J connectivity index is 1.99. The van der Waals surface area contributed by atoms with Gasteiger partial charge in [-0.2, -0.15) is 0 Å². The summed E-state index contributed by atoms with van der Waals surface area (Å²) >= 11 is 3.35. The maximum absolute atomic E-state index is 9.19. The lowest BCUT2D eigenvalue weighted by atomic mass is 10.1. The molecule has 0 radical (unpaired) electrons. The first-order valence-corrected chi connectivity index (χ1v) is 6.08. The number of hydrogen-bond acceptors (Lipinski definition) is 3. The maximum Gasteiger partial charge on any atom is 0.126 e. The number of aliphatic hydroxyl groups is 1. The zero-order valence-electron chi connectivity index (χ0n) is 8.49. The Labute approximate surface area is 98.0 Å². The molecule has 1 saturated carbocycles. The fraction of sp³-hybridized carbons (Fsp3) is 0.545. The average molecular weight is 271 g/mol. The summed E-state index contributed by atoms with van der Waals surface area (Å²) in [4.78, 5) is 4.27. The molecule has 15 heavy (non-hydrogen) atoms. The van der Waals surface area contributed by atoms with E-state index in [1.54, 1.807) is 6.20 Å². The van der Waals surface area contributed by atoms with Gasteiger partial charge in [-0.1, -0.05) is 6.42 Å². The van der Waals surface area contributed by atoms with Crippen LogP contribution in [0.25, 0.3) is 0 Å². The first kappa shape index (κ1) is 10.9. The van der Waals surface area contributed by atoms with Gasteiger partial charge >= 0.3 is 0 Å². The van der Waals surface area contributed by atoms with Crippen molar-refractivity contribution in [3.63, 3.8) is 0 Å². The predicted molar refractivity (Wildman–Crippen MR) is 63.8 cm³/mol. The van der Waals surface area contributed by atoms with Crippen molar-refractivity contribution in [2.45, 2.75) is 25.3 Å². The van der Waals surface area contributed by atoms with E-state index in [2.05, 4.69) is 26.2 Å². The number of pyridine rings is 1. The first-order chi connectivity index (χ1) is 7.29. The molecule has 1 heterocycles. The van der Waals surface area contributed by atoms with Crippen LogP contribution in [0.15, 0.2) is 22.8 Å². The van der Waals surface area contributed by atoms with Gasteiger partial charge in [0.15, 0.2) is 0 Å². The van der Waals surface area contributed by atoms with Crippen LogP contribution >= 0.6 is 15.9 Å². The van der Waals surface area contributed by atoms with Crippen molar-refractivity contribution in [3.8, 4) is 0 Å². The molecule has 1 aromatic rings. The Kier molecular flexibility index (Phi) is 3.59. The van der Waals surface area contributed by atoms with E-state index in [0.29, 0.717) is 12.0 Å². The number of hydrogen-bond donors (Lipinski definition) is 2. The van der Waals surface area contributed by atoms with E-state index >= 15 is 0 Å². The fourth-order valence-electron chi connectivity index (χ4n) is 2.10. The molecule has 3 nitrogen and oxygen atoms in total. The molecule has 2 atom stereocenters. The molecule has 1 aromatic heterocycles. The molecule has 4 heteroatoms. The molecule has 1 fully saturated rings. The van der Waals surface area contributed by atoms with Gasteiger partial charge in [0.25, 0.3) is 0 Å². The molecule has 0 aliphatic heterocycles. The van der Waals surface area contributed by atoms with E-state index in [4.69, 9.17) is 0 Å². The van der Waals surface area contributed by atoms with Crippen LogP contribution in [-0.2, 0) is 0 Å². The van der Waals surface area contributed by atoms with Crippen LogP contribution in [0.5, 0.6) is 0 Å². The van der Waals surface area contributed by atoms with Crippen molar-refractivity contribution in [2.75, 3.05) is 11.9 Å². The highest BCUT2D eigenvalue weighted by Gasteiger charge is 2.26. The topological polar surface area (TPSA) is 45.1 Å². The second-order valence-corrected chi connectivity index (χ2v) is 4.90. The second-order valence-electron chi connectivity index (χ2n) is 3.99. The zero-order valence-corrected chi connectivity index (χ0v) is 10.1. The van der Waals surface area contributed by atoms with Crippen LogP contribution < -0.4 is 5.32 Å². The Hall–Kier alpha value is -0.610. The molecule has 2 N–H and O–H groups in total. The number of aromatic nitrogens is 1. The molecular weight excluding hydrogens is 256 g/mol. The van der Waals surface area contributed by atoms with Crippen molar-refractivity contribution in [1.29, 1.82) is 0 Å². The Morgan fingerprint density at radius 2 is 2.33 bits per heavy atom. The highest BCUT2D eigenvalue weighted by atomic mass is 79.9. The number of halogens is 1. The quantitative estimate of drug-likeness (QED) is 0.887. The number of anilines is 1. The minimum absolute atomic E-state index is 0.272. The molecule has 0 bridgehead atoms. The minimum atomic E-state index is 0.272. The van der Waals surface area contributed by atoms with Crippen molar-refractivity contribution in [3.05, 3.63) is 22.8 Å². The summed E-state index contributed by atoms with van der Waals surface area (Å²) in [5, 5.41) is 12.6. The zero-order chi connectivity index (χ0) is 10.7. The van der Waals surface area contributed by atoms with Gasteiger partial charge in [0.1, 0.15) is 5.82 Å². The minimum Gasteiger partial charge on any atom is -0.396 e. The van der Waals surface area contributed by atoms with Gasteiger partial charge in [0.05, 0.1) is 0 Å². The highest BCUT2D eigenvalue weighted by Crippen LogP contribution is 2.27. The van der Waals surface area contributed by atoms with Crippen LogP contribution in [0.3, 0.4) is 0 Å². The summed E-state index contributed by atoms with van der Waals surface area (Å²) in [6.45, 7) is 0.272. The van der Waals surface area contributed by atoms with Crippen molar-refractivity contribution in [2.24, 2.45) is 5.92 Å². The van der Waals surface area contributed by atoms with Crippen LogP contribution in [0.1, 0.15) is 19.3 Å². The van der Waals surface area contributed by atoms with Crippen molar-refractivity contribution >= 4 is 21.7 Å². The van der Waals surface area contributed by atoms with Gasteiger partial charge in [-0.3, -0.25) is 0 Å². The third-order valence-electron chi connectivity index (χ3n) is 2.95. The fourth-order valence-corrected chi connectivity index (χ4v) is 2.33. The third-order valence-corrected chi connectivity index (χ3v) is 3.42. The summed E-state index contributed by atoms with van der Waals surface area (Å²) in [7, 11) is 0. The molecule has 2 rings (SSSR count). The van der Waals surface area contributed by atoms with Gasteiger partial charge in [-0.15, -0.1) is 0 Å². The summed E-state index contributed by atoms with van der Waals surface area (Å²) in [5.74, 6) is 1.28. The lowest BCUT2D eigenvalue weighted by molar-refractivity contribution is 0.222. The monoisotopic (exact) mass is 270 g/mol. The van der Waals surface area contributed by atoms with E-state index < -0.39 is 0 Å². The molecule has 0 amide bonds. The molecule has 82 valence electrons. The number of rotatable bonds is 3. The number of nitrogens with one attached hydrogen (secondary N) is 1. The van der Waals surface area contributed by atoms with Crippen LogP contribution in [0.2, 0.25) is 0 Å². The smallest absolute Gasteiger partial charge is 0.126 e. The molecular formula is C11H15BrN2O. The lowest BCUT2D eigenvalue weighted by Crippen LogP contribution is -2.26. The third kappa shape index (κ3) is 2.69. The predicted octanol–water partition coefficient (Wildman–Crippen LogP) is 2.42. The number of aliphatic hydroxyl groups excluding tert-OH is 1. The standard InChI is InChI=1S/C11H15BrN2O/c12-9-4-5-11(13-6-9)14-10-3-1-2-8(10)7-15/h4-6,8,10,15H,1-3,7H2,(H,13,14)/t8-,10-/m0/s1. The van der Waals surface area contributed by atoms with Gasteiger partial charge in [-0.25, -0.2) is 4.98 Å². The van der Waals surface area contributed by atoms with Crippen LogP contribution in [0.4, 0.5) is 5.82 Å². The molecule has 0 saturated heterocycles. The Bertz CT molecular complexity index is 315. The van der Waals surface area contributed by atoms with E-state index in [9.17, 15) is 5.11 Å². The van der Waals surface area contributed by atoms with Gasteiger partial charge < -0.3 is 10.4 Å². The van der Waals surface area contributed by atoms with E-state index in [1.165, 1.54) is 6.42 Å². The molecule has 1 aliphatic rings.